The molecular weight excluding hydrogens is 262 g/mol. The van der Waals surface area contributed by atoms with E-state index in [1.54, 1.807) is 0 Å². The average Bonchev–Trinajstić information content (AvgIpc) is 2.56. The zero-order valence-electron chi connectivity index (χ0n) is 12.4. The number of aromatic nitrogens is 2. The number of hydrogen-bond acceptors (Lipinski definition) is 4. The molecule has 1 saturated heterocycles. The Morgan fingerprint density at radius 2 is 2.10 bits per heavy atom. The van der Waals surface area contributed by atoms with Crippen LogP contribution in [0, 0.1) is 0 Å². The standard InChI is InChI=1S/C17H21N3O/c1-2-18-16-11-15(13-7-4-3-5-8-13)19-17(20-16)14-9-6-10-21-12-14/h3-5,7-8,11,14H,2,6,9-10,12H2,1H3,(H,18,19,20). The molecule has 1 aliphatic rings. The van der Waals surface area contributed by atoms with Crippen LogP contribution in [-0.2, 0) is 4.74 Å². The molecule has 4 nitrogen and oxygen atoms in total. The molecule has 4 heteroatoms. The van der Waals surface area contributed by atoms with E-state index in [2.05, 4.69) is 29.4 Å². The Bertz CT molecular complexity index is 580. The highest BCUT2D eigenvalue weighted by Gasteiger charge is 2.20. The molecule has 2 heterocycles. The average molecular weight is 283 g/mol. The van der Waals surface area contributed by atoms with Gasteiger partial charge in [-0.3, -0.25) is 0 Å². The molecule has 1 unspecified atom stereocenters. The van der Waals surface area contributed by atoms with Crippen LogP contribution >= 0.6 is 0 Å². The zero-order chi connectivity index (χ0) is 14.5. The van der Waals surface area contributed by atoms with Gasteiger partial charge in [0.15, 0.2) is 0 Å². The third-order valence-electron chi connectivity index (χ3n) is 3.70. The van der Waals surface area contributed by atoms with Crippen molar-refractivity contribution in [3.8, 4) is 11.3 Å². The van der Waals surface area contributed by atoms with E-state index in [0.29, 0.717) is 5.92 Å². The Morgan fingerprint density at radius 1 is 1.24 bits per heavy atom. The van der Waals surface area contributed by atoms with Gasteiger partial charge in [-0.2, -0.15) is 0 Å². The largest absolute Gasteiger partial charge is 0.381 e. The van der Waals surface area contributed by atoms with Gasteiger partial charge in [0, 0.05) is 30.7 Å². The summed E-state index contributed by atoms with van der Waals surface area (Å²) in [5.41, 5.74) is 2.10. The first-order chi connectivity index (χ1) is 10.4. The topological polar surface area (TPSA) is 47.0 Å². The Balaban J connectivity index is 1.97. The van der Waals surface area contributed by atoms with Crippen molar-refractivity contribution >= 4 is 5.82 Å². The predicted octanol–water partition coefficient (Wildman–Crippen LogP) is 3.47. The van der Waals surface area contributed by atoms with Gasteiger partial charge in [-0.05, 0) is 19.8 Å². The van der Waals surface area contributed by atoms with E-state index in [9.17, 15) is 0 Å². The van der Waals surface area contributed by atoms with Gasteiger partial charge in [-0.15, -0.1) is 0 Å². The Morgan fingerprint density at radius 3 is 2.81 bits per heavy atom. The van der Waals surface area contributed by atoms with Gasteiger partial charge < -0.3 is 10.1 Å². The predicted molar refractivity (Wildman–Crippen MR) is 84.4 cm³/mol. The molecule has 0 amide bonds. The lowest BCUT2D eigenvalue weighted by Crippen LogP contribution is -2.18. The summed E-state index contributed by atoms with van der Waals surface area (Å²) in [5.74, 6) is 2.10. The van der Waals surface area contributed by atoms with E-state index in [1.807, 2.05) is 24.3 Å². The van der Waals surface area contributed by atoms with Crippen molar-refractivity contribution in [1.82, 2.24) is 9.97 Å². The summed E-state index contributed by atoms with van der Waals surface area (Å²) in [6.45, 7) is 4.51. The third-order valence-corrected chi connectivity index (χ3v) is 3.70. The number of rotatable bonds is 4. The summed E-state index contributed by atoms with van der Waals surface area (Å²) < 4.78 is 5.58. The van der Waals surface area contributed by atoms with Crippen molar-refractivity contribution in [3.05, 3.63) is 42.2 Å². The fourth-order valence-corrected chi connectivity index (χ4v) is 2.62. The molecule has 2 aromatic rings. The third kappa shape index (κ3) is 3.39. The number of anilines is 1. The van der Waals surface area contributed by atoms with Crippen molar-refractivity contribution in [1.29, 1.82) is 0 Å². The van der Waals surface area contributed by atoms with Gasteiger partial charge in [0.1, 0.15) is 11.6 Å². The Hall–Kier alpha value is -1.94. The summed E-state index contributed by atoms with van der Waals surface area (Å²) in [5, 5.41) is 3.31. The molecule has 1 atom stereocenters. The molecule has 1 aromatic heterocycles. The molecule has 21 heavy (non-hydrogen) atoms. The molecule has 0 spiro atoms. The first-order valence-electron chi connectivity index (χ1n) is 7.63. The van der Waals surface area contributed by atoms with E-state index in [0.717, 1.165) is 55.5 Å². The summed E-state index contributed by atoms with van der Waals surface area (Å²) in [4.78, 5) is 9.45. The lowest BCUT2D eigenvalue weighted by molar-refractivity contribution is 0.0781. The van der Waals surface area contributed by atoms with Gasteiger partial charge in [0.25, 0.3) is 0 Å². The number of hydrogen-bond donors (Lipinski definition) is 1. The minimum Gasteiger partial charge on any atom is -0.381 e. The van der Waals surface area contributed by atoms with Crippen molar-refractivity contribution in [2.45, 2.75) is 25.7 Å². The Labute approximate surface area is 125 Å². The smallest absolute Gasteiger partial charge is 0.136 e. The van der Waals surface area contributed by atoms with Gasteiger partial charge >= 0.3 is 0 Å². The second-order valence-corrected chi connectivity index (χ2v) is 5.31. The van der Waals surface area contributed by atoms with E-state index >= 15 is 0 Å². The second kappa shape index (κ2) is 6.68. The maximum Gasteiger partial charge on any atom is 0.136 e. The van der Waals surface area contributed by atoms with Gasteiger partial charge in [-0.25, -0.2) is 9.97 Å². The molecule has 0 bridgehead atoms. The van der Waals surface area contributed by atoms with Crippen LogP contribution in [0.5, 0.6) is 0 Å². The van der Waals surface area contributed by atoms with Crippen LogP contribution in [-0.4, -0.2) is 29.7 Å². The highest BCUT2D eigenvalue weighted by atomic mass is 16.5. The zero-order valence-corrected chi connectivity index (χ0v) is 12.4. The molecule has 0 radical (unpaired) electrons. The minimum atomic E-state index is 0.305. The van der Waals surface area contributed by atoms with E-state index in [1.165, 1.54) is 0 Å². The molecular formula is C17H21N3O. The van der Waals surface area contributed by atoms with Crippen LogP contribution in [0.15, 0.2) is 36.4 Å². The number of nitrogens with zero attached hydrogens (tertiary/aromatic N) is 2. The molecule has 1 N–H and O–H groups in total. The molecule has 1 aliphatic heterocycles. The molecule has 3 rings (SSSR count). The van der Waals surface area contributed by atoms with Crippen LogP contribution in [0.25, 0.3) is 11.3 Å². The maximum atomic E-state index is 5.58. The van der Waals surface area contributed by atoms with E-state index in [-0.39, 0.29) is 0 Å². The summed E-state index contributed by atoms with van der Waals surface area (Å²) in [6, 6.07) is 12.3. The maximum absolute atomic E-state index is 5.58. The normalized spacial score (nSPS) is 18.4. The first kappa shape index (κ1) is 14.0. The van der Waals surface area contributed by atoms with Gasteiger partial charge in [0.2, 0.25) is 0 Å². The Kier molecular flexibility index (Phi) is 4.46. The van der Waals surface area contributed by atoms with Crippen LogP contribution in [0.4, 0.5) is 5.82 Å². The van der Waals surface area contributed by atoms with E-state index in [4.69, 9.17) is 9.72 Å². The summed E-state index contributed by atoms with van der Waals surface area (Å²) in [6.07, 6.45) is 2.18. The number of benzene rings is 1. The van der Waals surface area contributed by atoms with Crippen molar-refractivity contribution in [2.75, 3.05) is 25.1 Å². The SMILES string of the molecule is CCNc1cc(-c2ccccc2)nc(C2CCCOC2)n1. The van der Waals surface area contributed by atoms with Crippen LogP contribution in [0.1, 0.15) is 31.5 Å². The minimum absolute atomic E-state index is 0.305. The highest BCUT2D eigenvalue weighted by Crippen LogP contribution is 2.27. The van der Waals surface area contributed by atoms with Crippen molar-refractivity contribution < 1.29 is 4.74 Å². The molecule has 1 aromatic carbocycles. The fraction of sp³-hybridized carbons (Fsp3) is 0.412. The fourth-order valence-electron chi connectivity index (χ4n) is 2.62. The summed E-state index contributed by atoms with van der Waals surface area (Å²) >= 11 is 0. The summed E-state index contributed by atoms with van der Waals surface area (Å²) in [7, 11) is 0. The van der Waals surface area contributed by atoms with Crippen molar-refractivity contribution in [2.24, 2.45) is 0 Å². The van der Waals surface area contributed by atoms with Crippen LogP contribution in [0.2, 0.25) is 0 Å². The lowest BCUT2D eigenvalue weighted by atomic mass is 10.0. The first-order valence-corrected chi connectivity index (χ1v) is 7.63. The lowest BCUT2D eigenvalue weighted by Gasteiger charge is -2.21. The quantitative estimate of drug-likeness (QED) is 0.933. The van der Waals surface area contributed by atoms with Gasteiger partial charge in [0.05, 0.1) is 12.3 Å². The van der Waals surface area contributed by atoms with E-state index < -0.39 is 0 Å². The molecule has 0 aliphatic carbocycles. The van der Waals surface area contributed by atoms with Crippen molar-refractivity contribution in [3.63, 3.8) is 0 Å². The molecule has 110 valence electrons. The molecule has 1 fully saturated rings. The number of nitrogens with one attached hydrogen (secondary N) is 1. The van der Waals surface area contributed by atoms with Gasteiger partial charge in [-0.1, -0.05) is 30.3 Å². The highest BCUT2D eigenvalue weighted by molar-refractivity contribution is 5.62. The monoisotopic (exact) mass is 283 g/mol. The molecule has 0 saturated carbocycles. The number of ether oxygens (including phenoxy) is 1. The van der Waals surface area contributed by atoms with Crippen LogP contribution < -0.4 is 5.32 Å². The van der Waals surface area contributed by atoms with Crippen LogP contribution in [0.3, 0.4) is 0 Å². The second-order valence-electron chi connectivity index (χ2n) is 5.31.